The Morgan fingerprint density at radius 3 is 2.77 bits per heavy atom. The summed E-state index contributed by atoms with van der Waals surface area (Å²) < 4.78 is 7.46. The zero-order valence-corrected chi connectivity index (χ0v) is 18.1. The molecule has 2 aromatic rings. The van der Waals surface area contributed by atoms with Crippen molar-refractivity contribution < 1.29 is 9.53 Å². The van der Waals surface area contributed by atoms with E-state index in [2.05, 4.69) is 20.9 Å². The van der Waals surface area contributed by atoms with E-state index in [4.69, 9.17) is 27.9 Å². The minimum absolute atomic E-state index is 0. The van der Waals surface area contributed by atoms with E-state index in [1.807, 2.05) is 6.07 Å². The molecule has 2 aliphatic heterocycles. The lowest BCUT2D eigenvalue weighted by Gasteiger charge is -2.25. The van der Waals surface area contributed by atoms with E-state index in [-0.39, 0.29) is 42.3 Å². The Morgan fingerprint density at radius 1 is 1.20 bits per heavy atom. The molecule has 8 nitrogen and oxygen atoms in total. The summed E-state index contributed by atoms with van der Waals surface area (Å²) >= 11 is 12.2. The normalized spacial score (nSPS) is 21.4. The van der Waals surface area contributed by atoms with Crippen LogP contribution >= 0.6 is 35.6 Å². The minimum Gasteiger partial charge on any atom is -0.372 e. The molecular formula is C19H20Cl3N5O3. The highest BCUT2D eigenvalue weighted by molar-refractivity contribution is 6.42. The zero-order chi connectivity index (χ0) is 20.4. The van der Waals surface area contributed by atoms with Crippen molar-refractivity contribution in [1.82, 2.24) is 20.5 Å². The molecule has 11 heteroatoms. The standard InChI is InChI=1S/C19H19Cl2N5O3.ClH/c20-14-2-1-11(7-15(14)21)18-12(9-22-5-6-29-18)10-26-19(28)13(3-4-23-26)16-8-17(27)25-24-16;/h1-4,7,12,18,22H,5-6,8-10H2,(H,25,27);1H/t12-,18-;/m0./s1. The number of ether oxygens (including phenoxy) is 1. The van der Waals surface area contributed by atoms with E-state index < -0.39 is 0 Å². The van der Waals surface area contributed by atoms with Crippen molar-refractivity contribution in [2.24, 2.45) is 11.0 Å². The highest BCUT2D eigenvalue weighted by atomic mass is 35.5. The lowest BCUT2D eigenvalue weighted by atomic mass is 9.95. The Bertz CT molecular complexity index is 1030. The van der Waals surface area contributed by atoms with E-state index in [0.29, 0.717) is 47.6 Å². The van der Waals surface area contributed by atoms with Crippen molar-refractivity contribution in [3.05, 3.63) is 62.0 Å². The van der Waals surface area contributed by atoms with E-state index >= 15 is 0 Å². The van der Waals surface area contributed by atoms with Crippen molar-refractivity contribution in [3.8, 4) is 0 Å². The fraction of sp³-hybridized carbons (Fsp3) is 0.368. The summed E-state index contributed by atoms with van der Waals surface area (Å²) in [5, 5.41) is 12.4. The van der Waals surface area contributed by atoms with Gasteiger partial charge in [0.25, 0.3) is 5.56 Å². The summed E-state index contributed by atoms with van der Waals surface area (Å²) in [5.74, 6) is -0.302. The van der Waals surface area contributed by atoms with Gasteiger partial charge in [0.2, 0.25) is 5.91 Å². The van der Waals surface area contributed by atoms with Crippen LogP contribution in [0.3, 0.4) is 0 Å². The number of halogens is 3. The second-order valence-electron chi connectivity index (χ2n) is 6.93. The Labute approximate surface area is 189 Å². The molecule has 0 spiro atoms. The molecule has 1 fully saturated rings. The molecule has 1 aromatic carbocycles. The monoisotopic (exact) mass is 471 g/mol. The SMILES string of the molecule is Cl.O=C1CC(c2ccnn(C[C@@H]3CNCCO[C@H]3c3ccc(Cl)c(Cl)c3)c2=O)=NN1. The second kappa shape index (κ2) is 9.89. The van der Waals surface area contributed by atoms with E-state index in [0.717, 1.165) is 5.56 Å². The molecule has 2 N–H and O–H groups in total. The maximum Gasteiger partial charge on any atom is 0.275 e. The molecule has 0 aliphatic carbocycles. The minimum atomic E-state index is -0.292. The number of nitrogens with one attached hydrogen (secondary N) is 2. The zero-order valence-electron chi connectivity index (χ0n) is 15.8. The van der Waals surface area contributed by atoms with Gasteiger partial charge in [-0.15, -0.1) is 12.4 Å². The van der Waals surface area contributed by atoms with Gasteiger partial charge in [-0.2, -0.15) is 10.2 Å². The molecule has 2 aliphatic rings. The Hall–Kier alpha value is -1.97. The van der Waals surface area contributed by atoms with Gasteiger partial charge in [0, 0.05) is 25.2 Å². The summed E-state index contributed by atoms with van der Waals surface area (Å²) in [6, 6.07) is 7.00. The Balaban J connectivity index is 0.00000256. The first kappa shape index (κ1) is 22.7. The van der Waals surface area contributed by atoms with E-state index in [9.17, 15) is 9.59 Å². The van der Waals surface area contributed by atoms with Gasteiger partial charge >= 0.3 is 0 Å². The largest absolute Gasteiger partial charge is 0.372 e. The van der Waals surface area contributed by atoms with Crippen molar-refractivity contribution >= 4 is 47.2 Å². The maximum absolute atomic E-state index is 12.9. The third-order valence-electron chi connectivity index (χ3n) is 4.96. The fourth-order valence-electron chi connectivity index (χ4n) is 3.55. The van der Waals surface area contributed by atoms with Crippen molar-refractivity contribution in [1.29, 1.82) is 0 Å². The molecule has 4 rings (SSSR count). The van der Waals surface area contributed by atoms with Crippen LogP contribution in [0.4, 0.5) is 0 Å². The lowest BCUT2D eigenvalue weighted by molar-refractivity contribution is -0.119. The number of nitrogens with zero attached hydrogens (tertiary/aromatic N) is 3. The first-order valence-corrected chi connectivity index (χ1v) is 9.97. The average Bonchev–Trinajstić information content (AvgIpc) is 3.00. The smallest absolute Gasteiger partial charge is 0.275 e. The van der Waals surface area contributed by atoms with Gasteiger partial charge in [-0.05, 0) is 23.8 Å². The summed E-state index contributed by atoms with van der Waals surface area (Å²) in [6.07, 6.45) is 1.35. The number of hydrogen-bond acceptors (Lipinski definition) is 6. The third-order valence-corrected chi connectivity index (χ3v) is 5.70. The number of hydrogen-bond donors (Lipinski definition) is 2. The van der Waals surface area contributed by atoms with Crippen LogP contribution in [-0.2, 0) is 16.1 Å². The topological polar surface area (TPSA) is 97.6 Å². The summed E-state index contributed by atoms with van der Waals surface area (Å²) in [6.45, 7) is 2.22. The quantitative estimate of drug-likeness (QED) is 0.711. The van der Waals surface area contributed by atoms with Gasteiger partial charge in [0.05, 0.1) is 47.0 Å². The number of carbonyl (C=O) groups is 1. The first-order valence-electron chi connectivity index (χ1n) is 9.22. The molecule has 30 heavy (non-hydrogen) atoms. The maximum atomic E-state index is 12.9. The second-order valence-corrected chi connectivity index (χ2v) is 7.75. The van der Waals surface area contributed by atoms with E-state index in [1.165, 1.54) is 4.68 Å². The Kier molecular flexibility index (Phi) is 7.49. The van der Waals surface area contributed by atoms with Crippen LogP contribution in [0.2, 0.25) is 10.0 Å². The third kappa shape index (κ3) is 4.84. The molecule has 3 heterocycles. The van der Waals surface area contributed by atoms with Crippen molar-refractivity contribution in [3.63, 3.8) is 0 Å². The van der Waals surface area contributed by atoms with Crippen molar-refractivity contribution in [2.45, 2.75) is 19.1 Å². The molecule has 1 saturated heterocycles. The van der Waals surface area contributed by atoms with Crippen LogP contribution in [-0.4, -0.2) is 41.1 Å². The number of aromatic nitrogens is 2. The van der Waals surface area contributed by atoms with Gasteiger partial charge in [-0.25, -0.2) is 10.1 Å². The molecule has 2 atom stereocenters. The van der Waals surface area contributed by atoms with Gasteiger partial charge in [-0.3, -0.25) is 9.59 Å². The number of amides is 1. The number of hydrazone groups is 1. The highest BCUT2D eigenvalue weighted by Gasteiger charge is 2.28. The predicted octanol–water partition coefficient (Wildman–Crippen LogP) is 2.17. The van der Waals surface area contributed by atoms with Crippen LogP contribution < -0.4 is 16.3 Å². The van der Waals surface area contributed by atoms with E-state index in [1.54, 1.807) is 24.4 Å². The van der Waals surface area contributed by atoms with Gasteiger partial charge < -0.3 is 10.1 Å². The van der Waals surface area contributed by atoms with Crippen molar-refractivity contribution in [2.75, 3.05) is 19.7 Å². The molecule has 0 radical (unpaired) electrons. The van der Waals surface area contributed by atoms with Crippen LogP contribution in [0.25, 0.3) is 0 Å². The highest BCUT2D eigenvalue weighted by Crippen LogP contribution is 2.32. The summed E-state index contributed by atoms with van der Waals surface area (Å²) in [7, 11) is 0. The van der Waals surface area contributed by atoms with Crippen LogP contribution in [0.1, 0.15) is 23.7 Å². The summed E-state index contributed by atoms with van der Waals surface area (Å²) in [5.41, 5.74) is 3.76. The summed E-state index contributed by atoms with van der Waals surface area (Å²) in [4.78, 5) is 24.4. The molecule has 1 aromatic heterocycles. The van der Waals surface area contributed by atoms with Crippen LogP contribution in [0, 0.1) is 5.92 Å². The molecule has 160 valence electrons. The fourth-order valence-corrected chi connectivity index (χ4v) is 3.85. The van der Waals surface area contributed by atoms with Gasteiger partial charge in [-0.1, -0.05) is 29.3 Å². The molecule has 0 unspecified atom stereocenters. The van der Waals surface area contributed by atoms with Crippen LogP contribution in [0.15, 0.2) is 40.4 Å². The van der Waals surface area contributed by atoms with Gasteiger partial charge in [0.15, 0.2) is 0 Å². The number of carbonyl (C=O) groups excluding carboxylic acids is 1. The number of rotatable bonds is 4. The predicted molar refractivity (Wildman–Crippen MR) is 117 cm³/mol. The molecule has 0 saturated carbocycles. The first-order chi connectivity index (χ1) is 14.0. The average molecular weight is 473 g/mol. The lowest BCUT2D eigenvalue weighted by Crippen LogP contribution is -2.35. The Morgan fingerprint density at radius 2 is 2.03 bits per heavy atom. The van der Waals surface area contributed by atoms with Crippen LogP contribution in [0.5, 0.6) is 0 Å². The molecule has 1 amide bonds. The molecule has 0 bridgehead atoms. The molecular weight excluding hydrogens is 453 g/mol. The number of benzene rings is 1. The van der Waals surface area contributed by atoms with Gasteiger partial charge in [0.1, 0.15) is 0 Å².